The lowest BCUT2D eigenvalue weighted by atomic mass is 10.1. The monoisotopic (exact) mass is 366 g/mol. The number of pyridine rings is 2. The zero-order chi connectivity index (χ0) is 18.3. The Hall–Kier alpha value is -3.13. The van der Waals surface area contributed by atoms with E-state index in [2.05, 4.69) is 19.9 Å². The second kappa shape index (κ2) is 6.30. The van der Waals surface area contributed by atoms with Gasteiger partial charge in [0.15, 0.2) is 0 Å². The summed E-state index contributed by atoms with van der Waals surface area (Å²) in [5.41, 5.74) is 2.57. The zero-order valence-corrected chi connectivity index (χ0v) is 14.9. The van der Waals surface area contributed by atoms with Crippen molar-refractivity contribution in [2.75, 3.05) is 0 Å². The largest absolute Gasteiger partial charge is 0.454 e. The Morgan fingerprint density at radius 2 is 2.15 bits per heavy atom. The van der Waals surface area contributed by atoms with Gasteiger partial charge in [-0.2, -0.15) is 0 Å². The molecule has 0 radical (unpaired) electrons. The Kier molecular flexibility index (Phi) is 3.96. The SMILES string of the molecule is Cc1cc(C)c2c(n1)sc1c(=O)[nH]c(COC(=O)c3cccnc3)nc12. The second-order valence-electron chi connectivity index (χ2n) is 5.87. The van der Waals surface area contributed by atoms with Crippen molar-refractivity contribution in [1.29, 1.82) is 0 Å². The molecule has 0 unspecified atom stereocenters. The van der Waals surface area contributed by atoms with E-state index in [9.17, 15) is 9.59 Å². The first kappa shape index (κ1) is 16.3. The molecule has 7 nitrogen and oxygen atoms in total. The minimum atomic E-state index is -0.524. The van der Waals surface area contributed by atoms with Crippen molar-refractivity contribution < 1.29 is 9.53 Å². The van der Waals surface area contributed by atoms with Gasteiger partial charge in [-0.1, -0.05) is 0 Å². The maximum absolute atomic E-state index is 12.4. The number of carbonyl (C=O) groups is 1. The summed E-state index contributed by atoms with van der Waals surface area (Å²) in [4.78, 5) is 40.8. The van der Waals surface area contributed by atoms with E-state index in [0.29, 0.717) is 21.6 Å². The van der Waals surface area contributed by atoms with E-state index in [1.54, 1.807) is 18.3 Å². The lowest BCUT2D eigenvalue weighted by molar-refractivity contribution is 0.0462. The minimum Gasteiger partial charge on any atom is -0.454 e. The molecule has 26 heavy (non-hydrogen) atoms. The Labute approximate surface area is 151 Å². The number of hydrogen-bond acceptors (Lipinski definition) is 7. The van der Waals surface area contributed by atoms with Crippen molar-refractivity contribution in [2.24, 2.45) is 0 Å². The number of aryl methyl sites for hydroxylation is 2. The topological polar surface area (TPSA) is 97.8 Å². The van der Waals surface area contributed by atoms with E-state index in [4.69, 9.17) is 4.74 Å². The molecule has 1 N–H and O–H groups in total. The molecule has 0 aromatic carbocycles. The first-order valence-electron chi connectivity index (χ1n) is 7.90. The summed E-state index contributed by atoms with van der Waals surface area (Å²) in [7, 11) is 0. The lowest BCUT2D eigenvalue weighted by Gasteiger charge is -2.04. The van der Waals surface area contributed by atoms with Gasteiger partial charge < -0.3 is 9.72 Å². The molecule has 0 aliphatic carbocycles. The molecular formula is C18H14N4O3S. The van der Waals surface area contributed by atoms with Crippen LogP contribution in [0.3, 0.4) is 0 Å². The van der Waals surface area contributed by atoms with Crippen molar-refractivity contribution >= 4 is 37.7 Å². The van der Waals surface area contributed by atoms with Crippen molar-refractivity contribution in [3.63, 3.8) is 0 Å². The molecule has 0 atom stereocenters. The summed E-state index contributed by atoms with van der Waals surface area (Å²) in [6.07, 6.45) is 2.99. The van der Waals surface area contributed by atoms with Crippen LogP contribution in [0, 0.1) is 13.8 Å². The van der Waals surface area contributed by atoms with Crippen molar-refractivity contribution in [3.8, 4) is 0 Å². The fourth-order valence-electron chi connectivity index (χ4n) is 2.80. The van der Waals surface area contributed by atoms with Gasteiger partial charge in [-0.15, -0.1) is 11.3 Å². The number of nitrogens with zero attached hydrogens (tertiary/aromatic N) is 3. The third-order valence-corrected chi connectivity index (χ3v) is 4.98. The predicted molar refractivity (Wildman–Crippen MR) is 98.4 cm³/mol. The maximum Gasteiger partial charge on any atom is 0.340 e. The first-order valence-corrected chi connectivity index (χ1v) is 8.71. The Bertz CT molecular complexity index is 1200. The third-order valence-electron chi connectivity index (χ3n) is 3.91. The standard InChI is InChI=1S/C18H14N4O3S/c1-9-6-10(2)20-17-13(9)14-15(26-17)16(23)22-12(21-14)8-25-18(24)11-4-3-5-19-7-11/h3-7H,8H2,1-2H3,(H,21,22,23). The Morgan fingerprint density at radius 1 is 1.31 bits per heavy atom. The second-order valence-corrected chi connectivity index (χ2v) is 6.87. The summed E-state index contributed by atoms with van der Waals surface area (Å²) in [5.74, 6) is -0.232. The van der Waals surface area contributed by atoms with Crippen molar-refractivity contribution in [2.45, 2.75) is 20.5 Å². The highest BCUT2D eigenvalue weighted by atomic mass is 32.1. The van der Waals surface area contributed by atoms with Crippen molar-refractivity contribution in [1.82, 2.24) is 19.9 Å². The van der Waals surface area contributed by atoms with E-state index in [1.807, 2.05) is 19.9 Å². The van der Waals surface area contributed by atoms with Gasteiger partial charge in [-0.25, -0.2) is 14.8 Å². The molecule has 4 rings (SSSR count). The third kappa shape index (κ3) is 2.84. The van der Waals surface area contributed by atoms with E-state index in [0.717, 1.165) is 21.5 Å². The number of rotatable bonds is 3. The van der Waals surface area contributed by atoms with Crippen molar-refractivity contribution in [3.05, 3.63) is 63.6 Å². The quantitative estimate of drug-likeness (QED) is 0.560. The molecular weight excluding hydrogens is 352 g/mol. The van der Waals surface area contributed by atoms with Crippen LogP contribution < -0.4 is 5.56 Å². The smallest absolute Gasteiger partial charge is 0.340 e. The van der Waals surface area contributed by atoms with Gasteiger partial charge >= 0.3 is 5.97 Å². The molecule has 4 aromatic heterocycles. The summed E-state index contributed by atoms with van der Waals surface area (Å²) in [6.45, 7) is 3.75. The average molecular weight is 366 g/mol. The van der Waals surface area contributed by atoms with E-state index >= 15 is 0 Å². The number of fused-ring (bicyclic) bond motifs is 3. The predicted octanol–water partition coefficient (Wildman–Crippen LogP) is 2.90. The zero-order valence-electron chi connectivity index (χ0n) is 14.1. The molecule has 0 saturated heterocycles. The van der Waals surface area contributed by atoms with Crippen LogP contribution in [0.1, 0.15) is 27.4 Å². The average Bonchev–Trinajstić information content (AvgIpc) is 2.99. The molecule has 0 fully saturated rings. The van der Waals surface area contributed by atoms with Gasteiger partial charge in [0.25, 0.3) is 5.56 Å². The molecule has 4 aromatic rings. The fourth-order valence-corrected chi connectivity index (χ4v) is 3.93. The molecule has 0 aliphatic rings. The summed E-state index contributed by atoms with van der Waals surface area (Å²) >= 11 is 1.31. The molecule has 130 valence electrons. The number of H-pyrrole nitrogens is 1. The molecule has 0 aliphatic heterocycles. The van der Waals surface area contributed by atoms with Crippen LogP contribution in [-0.2, 0) is 11.3 Å². The van der Waals surface area contributed by atoms with Crippen LogP contribution in [0.2, 0.25) is 0 Å². The molecule has 4 heterocycles. The van der Waals surface area contributed by atoms with Crippen LogP contribution in [0.15, 0.2) is 35.4 Å². The molecule has 0 amide bonds. The number of esters is 1. The number of nitrogens with one attached hydrogen (secondary N) is 1. The first-order chi connectivity index (χ1) is 12.5. The number of aromatic amines is 1. The van der Waals surface area contributed by atoms with Gasteiger partial charge in [0.05, 0.1) is 11.1 Å². The maximum atomic E-state index is 12.4. The van der Waals surface area contributed by atoms with Crippen LogP contribution in [0.5, 0.6) is 0 Å². The summed E-state index contributed by atoms with van der Waals surface area (Å²) in [6, 6.07) is 5.22. The van der Waals surface area contributed by atoms with E-state index in [-0.39, 0.29) is 12.2 Å². The van der Waals surface area contributed by atoms with Gasteiger partial charge in [0.1, 0.15) is 22.0 Å². The number of ether oxygens (including phenoxy) is 1. The lowest BCUT2D eigenvalue weighted by Crippen LogP contribution is -2.13. The number of thiophene rings is 1. The Balaban J connectivity index is 1.72. The number of carbonyl (C=O) groups excluding carboxylic acids is 1. The van der Waals surface area contributed by atoms with E-state index < -0.39 is 5.97 Å². The number of aromatic nitrogens is 4. The highest BCUT2D eigenvalue weighted by molar-refractivity contribution is 7.25. The van der Waals surface area contributed by atoms with Gasteiger partial charge in [-0.3, -0.25) is 9.78 Å². The van der Waals surface area contributed by atoms with Gasteiger partial charge in [0, 0.05) is 23.5 Å². The molecule has 0 spiro atoms. The van der Waals surface area contributed by atoms with Gasteiger partial charge in [-0.05, 0) is 37.6 Å². The minimum absolute atomic E-state index is 0.130. The highest BCUT2D eigenvalue weighted by Crippen LogP contribution is 2.31. The normalized spacial score (nSPS) is 11.2. The highest BCUT2D eigenvalue weighted by Gasteiger charge is 2.16. The van der Waals surface area contributed by atoms with Crippen LogP contribution in [-0.4, -0.2) is 25.9 Å². The molecule has 0 saturated carbocycles. The molecule has 0 bridgehead atoms. The van der Waals surface area contributed by atoms with Crippen LogP contribution in [0.4, 0.5) is 0 Å². The van der Waals surface area contributed by atoms with Crippen LogP contribution >= 0.6 is 11.3 Å². The van der Waals surface area contributed by atoms with Crippen LogP contribution in [0.25, 0.3) is 20.4 Å². The summed E-state index contributed by atoms with van der Waals surface area (Å²) in [5, 5.41) is 0.863. The summed E-state index contributed by atoms with van der Waals surface area (Å²) < 4.78 is 5.75. The fraction of sp³-hybridized carbons (Fsp3) is 0.167. The molecule has 8 heteroatoms. The number of hydrogen-bond donors (Lipinski definition) is 1. The van der Waals surface area contributed by atoms with Gasteiger partial charge in [0.2, 0.25) is 0 Å². The Morgan fingerprint density at radius 3 is 2.92 bits per heavy atom. The van der Waals surface area contributed by atoms with E-state index in [1.165, 1.54) is 17.5 Å².